The van der Waals surface area contributed by atoms with E-state index in [2.05, 4.69) is 5.32 Å². The molecule has 3 rings (SSSR count). The van der Waals surface area contributed by atoms with Gasteiger partial charge in [0.25, 0.3) is 5.91 Å². The number of ether oxygens (including phenoxy) is 1. The van der Waals surface area contributed by atoms with Gasteiger partial charge in [-0.25, -0.2) is 0 Å². The van der Waals surface area contributed by atoms with Crippen molar-refractivity contribution in [2.45, 2.75) is 19.4 Å². The van der Waals surface area contributed by atoms with Gasteiger partial charge in [0.15, 0.2) is 0 Å². The van der Waals surface area contributed by atoms with Gasteiger partial charge in [-0.05, 0) is 30.9 Å². The van der Waals surface area contributed by atoms with E-state index in [1.165, 1.54) is 0 Å². The number of carbonyl (C=O) groups excluding carboxylic acids is 2. The van der Waals surface area contributed by atoms with Crippen LogP contribution in [0.25, 0.3) is 10.8 Å². The minimum absolute atomic E-state index is 0.114. The highest BCUT2D eigenvalue weighted by atomic mass is 16.5. The Kier molecular flexibility index (Phi) is 4.30. The lowest BCUT2D eigenvalue weighted by molar-refractivity contribution is -0.122. The molecule has 2 aromatic rings. The van der Waals surface area contributed by atoms with Crippen molar-refractivity contribution in [2.24, 2.45) is 0 Å². The first kappa shape index (κ1) is 15.5. The summed E-state index contributed by atoms with van der Waals surface area (Å²) in [6.07, 6.45) is 0.749. The molecule has 1 N–H and O–H groups in total. The summed E-state index contributed by atoms with van der Waals surface area (Å²) in [6, 6.07) is 10.9. The predicted octanol–water partition coefficient (Wildman–Crippen LogP) is 2.34. The Morgan fingerprint density at radius 3 is 2.74 bits per heavy atom. The van der Waals surface area contributed by atoms with Gasteiger partial charge in [0.05, 0.1) is 5.69 Å². The molecule has 1 aliphatic rings. The fraction of sp³-hybridized carbons (Fsp3) is 0.333. The second kappa shape index (κ2) is 6.38. The molecule has 0 aliphatic carbocycles. The van der Waals surface area contributed by atoms with Crippen molar-refractivity contribution in [1.29, 1.82) is 0 Å². The number of nitrogens with one attached hydrogen (secondary N) is 1. The van der Waals surface area contributed by atoms with Crippen LogP contribution in [-0.2, 0) is 9.53 Å². The van der Waals surface area contributed by atoms with Crippen LogP contribution in [-0.4, -0.2) is 38.1 Å². The molecule has 0 radical (unpaired) electrons. The Labute approximate surface area is 135 Å². The summed E-state index contributed by atoms with van der Waals surface area (Å²) in [5.74, 6) is -0.268. The monoisotopic (exact) mass is 312 g/mol. The van der Waals surface area contributed by atoms with E-state index in [-0.39, 0.29) is 11.8 Å². The molecule has 0 spiro atoms. The normalized spacial score (nSPS) is 14.3. The summed E-state index contributed by atoms with van der Waals surface area (Å²) in [5.41, 5.74) is 1.47. The number of hydrogen-bond acceptors (Lipinski definition) is 3. The zero-order valence-corrected chi connectivity index (χ0v) is 13.3. The summed E-state index contributed by atoms with van der Waals surface area (Å²) < 4.78 is 4.97. The molecule has 1 atom stereocenters. The van der Waals surface area contributed by atoms with Crippen LogP contribution in [0.15, 0.2) is 36.4 Å². The van der Waals surface area contributed by atoms with E-state index >= 15 is 0 Å². The number of amides is 2. The Hall–Kier alpha value is -2.40. The molecule has 0 aromatic heterocycles. The quantitative estimate of drug-likeness (QED) is 0.833. The molecule has 23 heavy (non-hydrogen) atoms. The van der Waals surface area contributed by atoms with E-state index in [1.807, 2.05) is 36.4 Å². The number of methoxy groups -OCH3 is 1. The van der Waals surface area contributed by atoms with Crippen molar-refractivity contribution in [3.8, 4) is 0 Å². The minimum atomic E-state index is -0.553. The van der Waals surface area contributed by atoms with Crippen molar-refractivity contribution in [2.75, 3.05) is 25.2 Å². The van der Waals surface area contributed by atoms with Crippen molar-refractivity contribution in [3.63, 3.8) is 0 Å². The number of benzene rings is 2. The van der Waals surface area contributed by atoms with Crippen molar-refractivity contribution in [1.82, 2.24) is 5.32 Å². The number of hydrogen-bond donors (Lipinski definition) is 1. The first-order valence-electron chi connectivity index (χ1n) is 7.77. The standard InChI is InChI=1S/C18H20N2O3/c1-12(17(21)19-10-5-11-23-2)20-15-9-4-7-13-6-3-8-14(16(13)15)18(20)22/h3-4,6-9,12H,5,10-11H2,1-2H3,(H,19,21). The SMILES string of the molecule is COCCCNC(=O)C(C)N1C(=O)c2cccc3cccc1c23. The third-order valence-electron chi connectivity index (χ3n) is 4.18. The Bertz CT molecular complexity index is 752. The van der Waals surface area contributed by atoms with Crippen LogP contribution in [0.5, 0.6) is 0 Å². The average Bonchev–Trinajstić information content (AvgIpc) is 2.86. The van der Waals surface area contributed by atoms with Gasteiger partial charge in [0, 0.05) is 31.2 Å². The van der Waals surface area contributed by atoms with Crippen molar-refractivity contribution in [3.05, 3.63) is 42.0 Å². The maximum atomic E-state index is 12.7. The third kappa shape index (κ3) is 2.68. The van der Waals surface area contributed by atoms with E-state index in [1.54, 1.807) is 18.9 Å². The molecule has 5 heteroatoms. The molecular weight excluding hydrogens is 292 g/mol. The van der Waals surface area contributed by atoms with Crippen molar-refractivity contribution >= 4 is 28.3 Å². The molecule has 0 saturated heterocycles. The molecule has 2 aromatic carbocycles. The van der Waals surface area contributed by atoms with E-state index in [0.717, 1.165) is 22.9 Å². The molecule has 0 fully saturated rings. The van der Waals surface area contributed by atoms with Gasteiger partial charge in [-0.1, -0.05) is 24.3 Å². The lowest BCUT2D eigenvalue weighted by Gasteiger charge is -2.24. The topological polar surface area (TPSA) is 58.6 Å². The number of carbonyl (C=O) groups is 2. The maximum Gasteiger partial charge on any atom is 0.259 e. The fourth-order valence-corrected chi connectivity index (χ4v) is 3.02. The van der Waals surface area contributed by atoms with Gasteiger partial charge in [0.1, 0.15) is 6.04 Å². The van der Waals surface area contributed by atoms with Crippen LogP contribution in [0.4, 0.5) is 5.69 Å². The average molecular weight is 312 g/mol. The summed E-state index contributed by atoms with van der Waals surface area (Å²) in [5, 5.41) is 4.81. The molecule has 2 amide bonds. The van der Waals surface area contributed by atoms with Gasteiger partial charge in [-0.2, -0.15) is 0 Å². The van der Waals surface area contributed by atoms with Gasteiger partial charge in [-0.15, -0.1) is 0 Å². The van der Waals surface area contributed by atoms with Crippen molar-refractivity contribution < 1.29 is 14.3 Å². The molecule has 0 bridgehead atoms. The first-order chi connectivity index (χ1) is 11.1. The molecule has 1 aliphatic heterocycles. The number of nitrogens with zero attached hydrogens (tertiary/aromatic N) is 1. The number of anilines is 1. The minimum Gasteiger partial charge on any atom is -0.385 e. The first-order valence-corrected chi connectivity index (χ1v) is 7.77. The molecule has 5 nitrogen and oxygen atoms in total. The van der Waals surface area contributed by atoms with Crippen LogP contribution < -0.4 is 10.2 Å². The molecule has 1 unspecified atom stereocenters. The largest absolute Gasteiger partial charge is 0.385 e. The molecule has 0 saturated carbocycles. The zero-order chi connectivity index (χ0) is 16.4. The summed E-state index contributed by atoms with van der Waals surface area (Å²) in [4.78, 5) is 26.7. The number of rotatable bonds is 6. The summed E-state index contributed by atoms with van der Waals surface area (Å²) in [7, 11) is 1.63. The van der Waals surface area contributed by atoms with Crippen LogP contribution in [0.3, 0.4) is 0 Å². The van der Waals surface area contributed by atoms with Crippen LogP contribution >= 0.6 is 0 Å². The van der Waals surface area contributed by atoms with Gasteiger partial charge < -0.3 is 10.1 Å². The van der Waals surface area contributed by atoms with Gasteiger partial charge >= 0.3 is 0 Å². The molecule has 120 valence electrons. The second-order valence-corrected chi connectivity index (χ2v) is 5.67. The highest BCUT2D eigenvalue weighted by Gasteiger charge is 2.35. The van der Waals surface area contributed by atoms with E-state index in [4.69, 9.17) is 4.74 Å². The van der Waals surface area contributed by atoms with E-state index < -0.39 is 6.04 Å². The van der Waals surface area contributed by atoms with Gasteiger partial charge in [0.2, 0.25) is 5.91 Å². The third-order valence-corrected chi connectivity index (χ3v) is 4.18. The molecular formula is C18H20N2O3. The maximum absolute atomic E-state index is 12.7. The van der Waals surface area contributed by atoms with E-state index in [0.29, 0.717) is 18.7 Å². The van der Waals surface area contributed by atoms with E-state index in [9.17, 15) is 9.59 Å². The summed E-state index contributed by atoms with van der Waals surface area (Å²) >= 11 is 0. The Morgan fingerprint density at radius 1 is 1.26 bits per heavy atom. The Morgan fingerprint density at radius 2 is 2.00 bits per heavy atom. The fourth-order valence-electron chi connectivity index (χ4n) is 3.02. The highest BCUT2D eigenvalue weighted by molar-refractivity contribution is 6.26. The lowest BCUT2D eigenvalue weighted by Crippen LogP contribution is -2.47. The zero-order valence-electron chi connectivity index (χ0n) is 13.3. The predicted molar refractivity (Wildman–Crippen MR) is 89.7 cm³/mol. The van der Waals surface area contributed by atoms with Crippen LogP contribution in [0, 0.1) is 0 Å². The smallest absolute Gasteiger partial charge is 0.259 e. The van der Waals surface area contributed by atoms with Gasteiger partial charge in [-0.3, -0.25) is 14.5 Å². The van der Waals surface area contributed by atoms with Crippen LogP contribution in [0.2, 0.25) is 0 Å². The Balaban J connectivity index is 1.83. The highest BCUT2D eigenvalue weighted by Crippen LogP contribution is 2.38. The second-order valence-electron chi connectivity index (χ2n) is 5.67. The van der Waals surface area contributed by atoms with Crippen LogP contribution in [0.1, 0.15) is 23.7 Å². The molecule has 1 heterocycles. The summed E-state index contributed by atoms with van der Waals surface area (Å²) in [6.45, 7) is 2.90. The lowest BCUT2D eigenvalue weighted by atomic mass is 10.1.